The smallest absolute Gasteiger partial charge is 0.326 e. The highest BCUT2D eigenvalue weighted by Gasteiger charge is 2.34. The highest BCUT2D eigenvalue weighted by molar-refractivity contribution is 5.80. The number of nitrogens with one attached hydrogen (secondary N) is 1. The second-order valence-corrected chi connectivity index (χ2v) is 5.65. The van der Waals surface area contributed by atoms with Crippen molar-refractivity contribution in [3.05, 3.63) is 18.2 Å². The summed E-state index contributed by atoms with van der Waals surface area (Å²) in [5.74, 6) is 0.938. The van der Waals surface area contributed by atoms with E-state index >= 15 is 0 Å². The topological polar surface area (TPSA) is 59.4 Å². The first-order valence-corrected chi connectivity index (χ1v) is 7.73. The molecule has 0 fully saturated rings. The summed E-state index contributed by atoms with van der Waals surface area (Å²) in [6.07, 6.45) is 4.61. The number of carbonyl (C=O) groups excluding carboxylic acids is 1. The molecule has 0 saturated heterocycles. The van der Waals surface area contributed by atoms with Crippen LogP contribution in [0.4, 0.5) is 0 Å². The van der Waals surface area contributed by atoms with Crippen LogP contribution in [0.25, 0.3) is 0 Å². The van der Waals surface area contributed by atoms with E-state index in [0.717, 1.165) is 45.0 Å². The van der Waals surface area contributed by atoms with Crippen molar-refractivity contribution < 1.29 is 9.53 Å². The van der Waals surface area contributed by atoms with Gasteiger partial charge in [0.2, 0.25) is 0 Å². The second kappa shape index (κ2) is 7.04. The predicted molar refractivity (Wildman–Crippen MR) is 80.8 cm³/mol. The number of fused-ring (bicyclic) bond motifs is 1. The molecule has 1 aliphatic heterocycles. The second-order valence-electron chi connectivity index (χ2n) is 5.65. The van der Waals surface area contributed by atoms with Gasteiger partial charge in [-0.2, -0.15) is 0 Å². The molecular weight excluding hydrogens is 268 g/mol. The van der Waals surface area contributed by atoms with Crippen molar-refractivity contribution in [2.75, 3.05) is 26.2 Å². The van der Waals surface area contributed by atoms with Crippen LogP contribution in [0.3, 0.4) is 0 Å². The number of hydrogen-bond donors (Lipinski definition) is 1. The number of nitrogens with zero attached hydrogens (tertiary/aromatic N) is 3. The van der Waals surface area contributed by atoms with E-state index in [2.05, 4.69) is 19.8 Å². The van der Waals surface area contributed by atoms with E-state index < -0.39 is 5.54 Å². The number of hydrogen-bond acceptors (Lipinski definition) is 5. The Bertz CT molecular complexity index is 474. The first kappa shape index (κ1) is 16.0. The third kappa shape index (κ3) is 3.83. The quantitative estimate of drug-likeness (QED) is 0.761. The van der Waals surface area contributed by atoms with E-state index in [1.807, 2.05) is 33.2 Å². The Hall–Kier alpha value is -1.40. The minimum absolute atomic E-state index is 0.162. The minimum atomic E-state index is -0.613. The summed E-state index contributed by atoms with van der Waals surface area (Å²) >= 11 is 0. The maximum absolute atomic E-state index is 12.2. The monoisotopic (exact) mass is 294 g/mol. The Labute approximate surface area is 126 Å². The molecule has 0 amide bonds. The van der Waals surface area contributed by atoms with E-state index in [-0.39, 0.29) is 5.97 Å². The van der Waals surface area contributed by atoms with E-state index in [0.29, 0.717) is 6.61 Å². The summed E-state index contributed by atoms with van der Waals surface area (Å²) in [6, 6.07) is 0. The molecule has 1 unspecified atom stereocenters. The maximum Gasteiger partial charge on any atom is 0.326 e. The molecule has 118 valence electrons. The predicted octanol–water partition coefficient (Wildman–Crippen LogP) is 1.02. The molecule has 1 aliphatic rings. The van der Waals surface area contributed by atoms with Gasteiger partial charge < -0.3 is 14.6 Å². The summed E-state index contributed by atoms with van der Waals surface area (Å²) < 4.78 is 7.39. The van der Waals surface area contributed by atoms with Crippen molar-refractivity contribution in [3.63, 3.8) is 0 Å². The van der Waals surface area contributed by atoms with Crippen LogP contribution in [0.2, 0.25) is 0 Å². The number of aromatic nitrogens is 2. The van der Waals surface area contributed by atoms with Crippen LogP contribution in [-0.4, -0.2) is 52.2 Å². The molecule has 1 N–H and O–H groups in total. The zero-order valence-corrected chi connectivity index (χ0v) is 13.3. The standard InChI is InChI=1S/C15H26N4O2/c1-4-17-15(3,14(20)21-5-2)6-8-18-10-11-19-9-7-16-13(19)12-18/h7,9,17H,4-6,8,10-12H2,1-3H3. The van der Waals surface area contributed by atoms with E-state index in [1.54, 1.807) is 0 Å². The van der Waals surface area contributed by atoms with Crippen molar-refractivity contribution in [2.45, 2.75) is 45.8 Å². The molecule has 21 heavy (non-hydrogen) atoms. The highest BCUT2D eigenvalue weighted by Crippen LogP contribution is 2.16. The van der Waals surface area contributed by atoms with Crippen molar-refractivity contribution in [1.29, 1.82) is 0 Å². The fourth-order valence-corrected chi connectivity index (χ4v) is 2.74. The lowest BCUT2D eigenvalue weighted by atomic mass is 9.97. The van der Waals surface area contributed by atoms with Crippen molar-refractivity contribution in [3.8, 4) is 0 Å². The molecule has 0 saturated carbocycles. The largest absolute Gasteiger partial charge is 0.465 e. The summed E-state index contributed by atoms with van der Waals surface area (Å²) in [7, 11) is 0. The maximum atomic E-state index is 12.2. The van der Waals surface area contributed by atoms with Crippen LogP contribution in [-0.2, 0) is 22.6 Å². The summed E-state index contributed by atoms with van der Waals surface area (Å²) in [5.41, 5.74) is -0.613. The van der Waals surface area contributed by atoms with Crippen LogP contribution in [0.5, 0.6) is 0 Å². The molecule has 6 heteroatoms. The lowest BCUT2D eigenvalue weighted by Gasteiger charge is -2.33. The number of carbonyl (C=O) groups is 1. The van der Waals surface area contributed by atoms with Gasteiger partial charge in [-0.25, -0.2) is 4.98 Å². The normalized spacial score (nSPS) is 18.0. The Morgan fingerprint density at radius 1 is 1.48 bits per heavy atom. The van der Waals surface area contributed by atoms with Crippen LogP contribution in [0.15, 0.2) is 12.4 Å². The Morgan fingerprint density at radius 2 is 2.29 bits per heavy atom. The molecule has 2 heterocycles. The molecule has 1 aromatic rings. The number of rotatable bonds is 7. The number of esters is 1. The fraction of sp³-hybridized carbons (Fsp3) is 0.733. The number of likely N-dealkylation sites (N-methyl/N-ethyl adjacent to an activating group) is 1. The third-order valence-electron chi connectivity index (χ3n) is 4.04. The summed E-state index contributed by atoms with van der Waals surface area (Å²) in [6.45, 7) is 10.6. The third-order valence-corrected chi connectivity index (χ3v) is 4.04. The average molecular weight is 294 g/mol. The van der Waals surface area contributed by atoms with Crippen LogP contribution in [0.1, 0.15) is 33.0 Å². The first-order valence-electron chi connectivity index (χ1n) is 7.73. The molecule has 1 atom stereocenters. The number of ether oxygens (including phenoxy) is 1. The van der Waals surface area contributed by atoms with E-state index in [9.17, 15) is 4.79 Å². The van der Waals surface area contributed by atoms with E-state index in [4.69, 9.17) is 4.74 Å². The van der Waals surface area contributed by atoms with Gasteiger partial charge in [0.25, 0.3) is 0 Å². The molecule has 0 radical (unpaired) electrons. The van der Waals surface area contributed by atoms with Gasteiger partial charge in [0.1, 0.15) is 11.4 Å². The zero-order chi connectivity index (χ0) is 15.3. The first-order chi connectivity index (χ1) is 10.1. The molecule has 0 aliphatic carbocycles. The van der Waals surface area contributed by atoms with Gasteiger partial charge in [-0.1, -0.05) is 6.92 Å². The molecule has 0 bridgehead atoms. The van der Waals surface area contributed by atoms with Crippen LogP contribution >= 0.6 is 0 Å². The van der Waals surface area contributed by atoms with Gasteiger partial charge in [0.05, 0.1) is 13.2 Å². The molecule has 6 nitrogen and oxygen atoms in total. The van der Waals surface area contributed by atoms with Gasteiger partial charge in [-0.15, -0.1) is 0 Å². The Kier molecular flexibility index (Phi) is 5.36. The Balaban J connectivity index is 1.92. The van der Waals surface area contributed by atoms with Crippen LogP contribution in [0, 0.1) is 0 Å². The summed E-state index contributed by atoms with van der Waals surface area (Å²) in [5, 5.41) is 3.28. The summed E-state index contributed by atoms with van der Waals surface area (Å²) in [4.78, 5) is 18.9. The minimum Gasteiger partial charge on any atom is -0.465 e. The molecule has 2 rings (SSSR count). The molecular formula is C15H26N4O2. The van der Waals surface area contributed by atoms with Crippen molar-refractivity contribution in [2.24, 2.45) is 0 Å². The zero-order valence-electron chi connectivity index (χ0n) is 13.3. The highest BCUT2D eigenvalue weighted by atomic mass is 16.5. The van der Waals surface area contributed by atoms with Gasteiger partial charge in [0.15, 0.2) is 0 Å². The van der Waals surface area contributed by atoms with Gasteiger partial charge >= 0.3 is 5.97 Å². The molecule has 0 spiro atoms. The lowest BCUT2D eigenvalue weighted by molar-refractivity contribution is -0.151. The van der Waals surface area contributed by atoms with Crippen LogP contribution < -0.4 is 5.32 Å². The van der Waals surface area contributed by atoms with Crippen molar-refractivity contribution in [1.82, 2.24) is 19.8 Å². The van der Waals surface area contributed by atoms with Crippen molar-refractivity contribution >= 4 is 5.97 Å². The molecule has 1 aromatic heterocycles. The van der Waals surface area contributed by atoms with Gasteiger partial charge in [-0.05, 0) is 26.8 Å². The fourth-order valence-electron chi connectivity index (χ4n) is 2.74. The molecule has 0 aromatic carbocycles. The SMILES string of the molecule is CCNC(C)(CCN1CCn2ccnc2C1)C(=O)OCC. The Morgan fingerprint density at radius 3 is 3.00 bits per heavy atom. The van der Waals surface area contributed by atoms with Gasteiger partial charge in [-0.3, -0.25) is 9.69 Å². The van der Waals surface area contributed by atoms with E-state index in [1.165, 1.54) is 0 Å². The average Bonchev–Trinajstić information content (AvgIpc) is 2.93. The number of imidazole rings is 1. The van der Waals surface area contributed by atoms with Gasteiger partial charge in [0, 0.05) is 32.0 Å². The lowest BCUT2D eigenvalue weighted by Crippen LogP contribution is -2.52.